The standard InChI is InChI=1S/C23H18ClNO4S2/c1-14-20(17-8-5-9-18(24)12-17)21(23(26)29-2)22(30-14)25-31(27,28)19-11-10-15-6-3-4-7-16(15)13-19/h3-13,25H,1-2H3. The first-order chi connectivity index (χ1) is 14.8. The molecular weight excluding hydrogens is 454 g/mol. The maximum absolute atomic E-state index is 13.1. The van der Waals surface area contributed by atoms with Gasteiger partial charge in [-0.2, -0.15) is 0 Å². The van der Waals surface area contributed by atoms with E-state index >= 15 is 0 Å². The summed E-state index contributed by atoms with van der Waals surface area (Å²) >= 11 is 7.31. The number of esters is 1. The molecular formula is C23H18ClNO4S2. The van der Waals surface area contributed by atoms with Gasteiger partial charge in [-0.15, -0.1) is 11.3 Å². The molecule has 8 heteroatoms. The summed E-state index contributed by atoms with van der Waals surface area (Å²) in [6.45, 7) is 1.82. The largest absolute Gasteiger partial charge is 0.465 e. The third-order valence-corrected chi connectivity index (χ3v) is 7.58. The van der Waals surface area contributed by atoms with Crippen molar-refractivity contribution in [3.05, 3.63) is 82.2 Å². The molecule has 1 N–H and O–H groups in total. The van der Waals surface area contributed by atoms with E-state index in [1.807, 2.05) is 37.3 Å². The second kappa shape index (κ2) is 8.34. The summed E-state index contributed by atoms with van der Waals surface area (Å²) in [5.41, 5.74) is 1.46. The molecule has 0 bridgehead atoms. The van der Waals surface area contributed by atoms with Crippen molar-refractivity contribution in [2.45, 2.75) is 11.8 Å². The SMILES string of the molecule is COC(=O)c1c(NS(=O)(=O)c2ccc3ccccc3c2)sc(C)c1-c1cccc(Cl)c1. The minimum atomic E-state index is -3.94. The van der Waals surface area contributed by atoms with Crippen molar-refractivity contribution in [1.82, 2.24) is 0 Å². The van der Waals surface area contributed by atoms with Crippen LogP contribution >= 0.6 is 22.9 Å². The van der Waals surface area contributed by atoms with Gasteiger partial charge in [0.1, 0.15) is 10.6 Å². The van der Waals surface area contributed by atoms with E-state index in [4.69, 9.17) is 16.3 Å². The molecule has 0 amide bonds. The fourth-order valence-corrected chi connectivity index (χ4v) is 6.02. The number of anilines is 1. The number of methoxy groups -OCH3 is 1. The minimum Gasteiger partial charge on any atom is -0.465 e. The third-order valence-electron chi connectivity index (χ3n) is 4.85. The van der Waals surface area contributed by atoms with Crippen molar-refractivity contribution < 1.29 is 17.9 Å². The van der Waals surface area contributed by atoms with Gasteiger partial charge >= 0.3 is 5.97 Å². The van der Waals surface area contributed by atoms with Gasteiger partial charge in [-0.25, -0.2) is 13.2 Å². The Labute approximate surface area is 189 Å². The maximum Gasteiger partial charge on any atom is 0.341 e. The molecule has 1 aromatic heterocycles. The van der Waals surface area contributed by atoms with E-state index < -0.39 is 16.0 Å². The van der Waals surface area contributed by atoms with Crippen LogP contribution in [0, 0.1) is 6.92 Å². The topological polar surface area (TPSA) is 72.5 Å². The maximum atomic E-state index is 13.1. The van der Waals surface area contributed by atoms with Gasteiger partial charge in [-0.3, -0.25) is 4.72 Å². The summed E-state index contributed by atoms with van der Waals surface area (Å²) < 4.78 is 33.8. The molecule has 4 aromatic rings. The number of sulfonamides is 1. The first-order valence-electron chi connectivity index (χ1n) is 9.29. The number of hydrogen-bond acceptors (Lipinski definition) is 5. The first kappa shape index (κ1) is 21.4. The Morgan fingerprint density at radius 3 is 2.45 bits per heavy atom. The van der Waals surface area contributed by atoms with Crippen molar-refractivity contribution in [2.75, 3.05) is 11.8 Å². The highest BCUT2D eigenvalue weighted by atomic mass is 35.5. The van der Waals surface area contributed by atoms with Gasteiger partial charge in [0, 0.05) is 15.5 Å². The lowest BCUT2D eigenvalue weighted by atomic mass is 10.0. The Morgan fingerprint density at radius 2 is 1.74 bits per heavy atom. The van der Waals surface area contributed by atoms with Gasteiger partial charge in [0.2, 0.25) is 0 Å². The lowest BCUT2D eigenvalue weighted by molar-refractivity contribution is 0.0603. The Kier molecular flexibility index (Phi) is 5.75. The van der Waals surface area contributed by atoms with E-state index in [2.05, 4.69) is 4.72 Å². The summed E-state index contributed by atoms with van der Waals surface area (Å²) in [4.78, 5) is 13.5. The summed E-state index contributed by atoms with van der Waals surface area (Å²) in [6.07, 6.45) is 0. The molecule has 0 fully saturated rings. The Balaban J connectivity index is 1.82. The monoisotopic (exact) mass is 471 g/mol. The summed E-state index contributed by atoms with van der Waals surface area (Å²) in [5, 5.41) is 2.46. The molecule has 1 heterocycles. The van der Waals surface area contributed by atoms with Crippen molar-refractivity contribution >= 4 is 54.7 Å². The first-order valence-corrected chi connectivity index (χ1v) is 12.0. The molecule has 0 aliphatic rings. The molecule has 0 aliphatic carbocycles. The molecule has 0 unspecified atom stereocenters. The lowest BCUT2D eigenvalue weighted by Crippen LogP contribution is -2.15. The van der Waals surface area contributed by atoms with Gasteiger partial charge in [-0.1, -0.05) is 54.1 Å². The van der Waals surface area contributed by atoms with Crippen LogP contribution in [-0.2, 0) is 14.8 Å². The number of fused-ring (bicyclic) bond motifs is 1. The predicted molar refractivity (Wildman–Crippen MR) is 126 cm³/mol. The zero-order valence-corrected chi connectivity index (χ0v) is 19.1. The van der Waals surface area contributed by atoms with Gasteiger partial charge in [-0.05, 0) is 47.5 Å². The molecule has 3 aromatic carbocycles. The molecule has 5 nitrogen and oxygen atoms in total. The fraction of sp³-hybridized carbons (Fsp3) is 0.0870. The number of halogens is 1. The zero-order valence-electron chi connectivity index (χ0n) is 16.7. The van der Waals surface area contributed by atoms with Crippen molar-refractivity contribution in [3.8, 4) is 11.1 Å². The van der Waals surface area contributed by atoms with Crippen LogP contribution in [0.15, 0.2) is 71.6 Å². The van der Waals surface area contributed by atoms with Crippen LogP contribution in [0.25, 0.3) is 21.9 Å². The summed E-state index contributed by atoms with van der Waals surface area (Å²) in [5.74, 6) is -0.629. The smallest absolute Gasteiger partial charge is 0.341 e. The number of nitrogens with one attached hydrogen (secondary N) is 1. The van der Waals surface area contributed by atoms with Crippen molar-refractivity contribution in [1.29, 1.82) is 0 Å². The average molecular weight is 472 g/mol. The van der Waals surface area contributed by atoms with Gasteiger partial charge in [0.15, 0.2) is 0 Å². The molecule has 31 heavy (non-hydrogen) atoms. The second-order valence-corrected chi connectivity index (χ2v) is 10.2. The van der Waals surface area contributed by atoms with E-state index in [9.17, 15) is 13.2 Å². The Morgan fingerprint density at radius 1 is 1.00 bits per heavy atom. The van der Waals surface area contributed by atoms with Gasteiger partial charge < -0.3 is 4.74 Å². The van der Waals surface area contributed by atoms with Gasteiger partial charge in [0.25, 0.3) is 10.0 Å². The van der Waals surface area contributed by atoms with Crippen LogP contribution in [0.2, 0.25) is 5.02 Å². The van der Waals surface area contributed by atoms with E-state index in [-0.39, 0.29) is 15.5 Å². The number of hydrogen-bond donors (Lipinski definition) is 1. The summed E-state index contributed by atoms with van der Waals surface area (Å²) in [7, 11) is -2.67. The van der Waals surface area contributed by atoms with Crippen LogP contribution in [0.5, 0.6) is 0 Å². The number of carbonyl (C=O) groups excluding carboxylic acids is 1. The van der Waals surface area contributed by atoms with Crippen LogP contribution < -0.4 is 4.72 Å². The number of benzene rings is 3. The van der Waals surface area contributed by atoms with Gasteiger partial charge in [0.05, 0.1) is 12.0 Å². The number of aryl methyl sites for hydroxylation is 1. The van der Waals surface area contributed by atoms with E-state index in [0.717, 1.165) is 15.6 Å². The van der Waals surface area contributed by atoms with Crippen molar-refractivity contribution in [2.24, 2.45) is 0 Å². The lowest BCUT2D eigenvalue weighted by Gasteiger charge is -2.10. The normalized spacial score (nSPS) is 11.5. The van der Waals surface area contributed by atoms with Crippen LogP contribution in [0.1, 0.15) is 15.2 Å². The fourth-order valence-electron chi connectivity index (χ4n) is 3.42. The highest BCUT2D eigenvalue weighted by Crippen LogP contribution is 2.41. The second-order valence-electron chi connectivity index (χ2n) is 6.85. The van der Waals surface area contributed by atoms with E-state index in [1.165, 1.54) is 18.4 Å². The molecule has 0 saturated heterocycles. The van der Waals surface area contributed by atoms with Crippen LogP contribution in [0.4, 0.5) is 5.00 Å². The Hall–Kier alpha value is -2.87. The average Bonchev–Trinajstić information content (AvgIpc) is 3.07. The molecule has 0 atom stereocenters. The highest BCUT2D eigenvalue weighted by Gasteiger charge is 2.27. The number of thiophene rings is 1. The number of carbonyl (C=O) groups is 1. The molecule has 0 saturated carbocycles. The zero-order chi connectivity index (χ0) is 22.2. The van der Waals surface area contributed by atoms with Crippen molar-refractivity contribution in [3.63, 3.8) is 0 Å². The molecule has 4 rings (SSSR count). The van der Waals surface area contributed by atoms with Crippen LogP contribution in [0.3, 0.4) is 0 Å². The predicted octanol–water partition coefficient (Wildman–Crippen LogP) is 6.12. The van der Waals surface area contributed by atoms with E-state index in [0.29, 0.717) is 16.1 Å². The van der Waals surface area contributed by atoms with Crippen LogP contribution in [-0.4, -0.2) is 21.5 Å². The molecule has 0 aliphatic heterocycles. The Bertz CT molecular complexity index is 1410. The minimum absolute atomic E-state index is 0.109. The third kappa shape index (κ3) is 4.17. The molecule has 158 valence electrons. The summed E-state index contributed by atoms with van der Waals surface area (Å²) in [6, 6.07) is 19.4. The van der Waals surface area contributed by atoms with E-state index in [1.54, 1.807) is 36.4 Å². The molecule has 0 radical (unpaired) electrons. The quantitative estimate of drug-likeness (QED) is 0.356. The highest BCUT2D eigenvalue weighted by molar-refractivity contribution is 7.93. The number of ether oxygens (including phenoxy) is 1. The molecule has 0 spiro atoms. The number of rotatable bonds is 5.